The van der Waals surface area contributed by atoms with Crippen LogP contribution in [0.1, 0.15) is 71.7 Å². The van der Waals surface area contributed by atoms with Crippen LogP contribution in [0.4, 0.5) is 19.0 Å². The van der Waals surface area contributed by atoms with Gasteiger partial charge in [-0.2, -0.15) is 18.4 Å². The van der Waals surface area contributed by atoms with E-state index in [0.717, 1.165) is 30.3 Å². The molecule has 0 spiro atoms. The molecule has 2 N–H and O–H groups in total. The van der Waals surface area contributed by atoms with Gasteiger partial charge < -0.3 is 15.5 Å². The van der Waals surface area contributed by atoms with Crippen LogP contribution in [-0.2, 0) is 0 Å². The second kappa shape index (κ2) is 13.7. The lowest BCUT2D eigenvalue weighted by Crippen LogP contribution is -2.34. The van der Waals surface area contributed by atoms with Gasteiger partial charge in [0, 0.05) is 30.8 Å². The minimum Gasteiger partial charge on any atom is -0.356 e. The maximum Gasteiger partial charge on any atom is 0.417 e. The van der Waals surface area contributed by atoms with Crippen molar-refractivity contribution >= 4 is 40.6 Å². The number of halogens is 4. The molecule has 1 atom stereocenters. The van der Waals surface area contributed by atoms with E-state index in [0.29, 0.717) is 29.5 Å². The zero-order valence-corrected chi connectivity index (χ0v) is 24.4. The summed E-state index contributed by atoms with van der Waals surface area (Å²) in [7, 11) is 0. The maximum absolute atomic E-state index is 13.5. The first-order valence-electron chi connectivity index (χ1n) is 12.6. The number of rotatable bonds is 8. The summed E-state index contributed by atoms with van der Waals surface area (Å²) in [4.78, 5) is 40.2. The summed E-state index contributed by atoms with van der Waals surface area (Å²) >= 11 is 6.86. The highest BCUT2D eigenvalue weighted by Gasteiger charge is 2.34. The zero-order valence-electron chi connectivity index (χ0n) is 22.8. The Morgan fingerprint density at radius 2 is 1.85 bits per heavy atom. The highest BCUT2D eigenvalue weighted by atomic mass is 35.5. The maximum atomic E-state index is 13.5. The molecule has 2 amide bonds. The number of allylic oxidation sites excluding steroid dienone is 6. The van der Waals surface area contributed by atoms with Gasteiger partial charge in [0.05, 0.1) is 28.9 Å². The molecule has 0 aliphatic carbocycles. The molecule has 0 saturated carbocycles. The molecular weight excluding hydrogens is 579 g/mol. The van der Waals surface area contributed by atoms with Crippen molar-refractivity contribution < 1.29 is 22.8 Å². The standard InChI is InChI=1S/C27H29ClF3N7O2S/c1-15(2)9-20(28)19(27(29,30)31)10-16(3)36-25(40)22-13-33-26(41-22)17(4)37-24(39)21-11-23(35-14-34-21)38-7-5-18(12-32)6-8-38/h9-11,13-14,17-18H,5-8H2,1-4H3,(H,36,40)(H,37,39)/b16-10+,20-19-. The fourth-order valence-corrected chi connectivity index (χ4v) is 5.11. The van der Waals surface area contributed by atoms with Gasteiger partial charge in [0.15, 0.2) is 0 Å². The van der Waals surface area contributed by atoms with Crippen LogP contribution >= 0.6 is 22.9 Å². The first kappa shape index (κ1) is 31.8. The van der Waals surface area contributed by atoms with E-state index in [2.05, 4.69) is 31.7 Å². The first-order chi connectivity index (χ1) is 19.3. The summed E-state index contributed by atoms with van der Waals surface area (Å²) in [6.07, 6.45) is 1.28. The van der Waals surface area contributed by atoms with Gasteiger partial charge in [0.2, 0.25) is 0 Å². The number of nitrogens with one attached hydrogen (secondary N) is 2. The minimum atomic E-state index is -4.72. The molecule has 2 aromatic heterocycles. The van der Waals surface area contributed by atoms with Crippen molar-refractivity contribution in [2.75, 3.05) is 18.0 Å². The molecule has 0 aromatic carbocycles. The number of hydrogen-bond acceptors (Lipinski definition) is 8. The molecule has 2 aromatic rings. The largest absolute Gasteiger partial charge is 0.417 e. The predicted octanol–water partition coefficient (Wildman–Crippen LogP) is 5.82. The molecule has 0 radical (unpaired) electrons. The van der Waals surface area contributed by atoms with Gasteiger partial charge in [-0.15, -0.1) is 11.3 Å². The normalized spacial score (nSPS) is 15.9. The summed E-state index contributed by atoms with van der Waals surface area (Å²) in [6.45, 7) is 7.55. The van der Waals surface area contributed by atoms with Crippen LogP contribution in [0.2, 0.25) is 0 Å². The topological polar surface area (TPSA) is 124 Å². The lowest BCUT2D eigenvalue weighted by atomic mass is 9.99. The lowest BCUT2D eigenvalue weighted by molar-refractivity contribution is -0.0885. The van der Waals surface area contributed by atoms with Crippen LogP contribution in [0.25, 0.3) is 0 Å². The Kier molecular flexibility index (Phi) is 10.6. The minimum absolute atomic E-state index is 0.0159. The van der Waals surface area contributed by atoms with Crippen molar-refractivity contribution in [1.29, 1.82) is 5.26 Å². The highest BCUT2D eigenvalue weighted by molar-refractivity contribution is 7.13. The molecule has 3 heterocycles. The van der Waals surface area contributed by atoms with E-state index >= 15 is 0 Å². The lowest BCUT2D eigenvalue weighted by Gasteiger charge is -2.30. The molecule has 9 nitrogen and oxygen atoms in total. The zero-order chi connectivity index (χ0) is 30.3. The summed E-state index contributed by atoms with van der Waals surface area (Å²) in [5.41, 5.74) is -0.406. The molecule has 1 fully saturated rings. The molecular formula is C27H29ClF3N7O2S. The SMILES string of the molecule is CC(C)=C/C(Cl)=C(\C=C(/C)NC(=O)c1cnc(C(C)NC(=O)c2cc(N3CCC(C#N)CC3)ncn2)s1)C(F)(F)F. The smallest absolute Gasteiger partial charge is 0.356 e. The van der Waals surface area contributed by atoms with E-state index in [9.17, 15) is 22.8 Å². The summed E-state index contributed by atoms with van der Waals surface area (Å²) in [5.74, 6) is -0.507. The van der Waals surface area contributed by atoms with Gasteiger partial charge >= 0.3 is 6.18 Å². The molecule has 1 aliphatic rings. The van der Waals surface area contributed by atoms with Gasteiger partial charge in [-0.05, 0) is 52.7 Å². The van der Waals surface area contributed by atoms with E-state index in [1.807, 2.05) is 4.90 Å². The van der Waals surface area contributed by atoms with Crippen LogP contribution in [0.3, 0.4) is 0 Å². The van der Waals surface area contributed by atoms with Gasteiger partial charge in [-0.3, -0.25) is 9.59 Å². The van der Waals surface area contributed by atoms with Crippen LogP contribution < -0.4 is 15.5 Å². The third-order valence-electron chi connectivity index (χ3n) is 6.00. The monoisotopic (exact) mass is 607 g/mol. The summed E-state index contributed by atoms with van der Waals surface area (Å²) in [5, 5.41) is 14.2. The van der Waals surface area contributed by atoms with E-state index in [1.165, 1.54) is 25.5 Å². The third-order valence-corrected chi connectivity index (χ3v) is 7.49. The Morgan fingerprint density at radius 3 is 2.46 bits per heavy atom. The second-order valence-corrected chi connectivity index (χ2v) is 11.1. The fraction of sp³-hybridized carbons (Fsp3) is 0.407. The van der Waals surface area contributed by atoms with Crippen molar-refractivity contribution in [3.8, 4) is 6.07 Å². The quantitative estimate of drug-likeness (QED) is 0.362. The van der Waals surface area contributed by atoms with Crippen LogP contribution in [0.15, 0.2) is 52.6 Å². The summed E-state index contributed by atoms with van der Waals surface area (Å²) < 4.78 is 40.5. The number of nitriles is 1. The third kappa shape index (κ3) is 8.86. The molecule has 218 valence electrons. The van der Waals surface area contributed by atoms with Crippen molar-refractivity contribution in [2.24, 2.45) is 5.92 Å². The van der Waals surface area contributed by atoms with Gasteiger partial charge in [-0.25, -0.2) is 15.0 Å². The molecule has 14 heteroatoms. The molecule has 0 bridgehead atoms. The summed E-state index contributed by atoms with van der Waals surface area (Å²) in [6, 6.07) is 3.27. The number of aromatic nitrogens is 3. The fourth-order valence-electron chi connectivity index (χ4n) is 3.92. The second-order valence-electron chi connectivity index (χ2n) is 9.67. The number of anilines is 1. The Balaban J connectivity index is 1.66. The van der Waals surface area contributed by atoms with E-state index in [1.54, 1.807) is 26.8 Å². The average molecular weight is 608 g/mol. The molecule has 1 saturated heterocycles. The molecule has 1 aliphatic heterocycles. The van der Waals surface area contributed by atoms with Crippen molar-refractivity contribution in [3.63, 3.8) is 0 Å². The van der Waals surface area contributed by atoms with Gasteiger partial charge in [-0.1, -0.05) is 17.2 Å². The number of nitrogens with zero attached hydrogens (tertiary/aromatic N) is 5. The van der Waals surface area contributed by atoms with Crippen LogP contribution in [0.5, 0.6) is 0 Å². The molecule has 3 rings (SSSR count). The molecule has 41 heavy (non-hydrogen) atoms. The van der Waals surface area contributed by atoms with Crippen molar-refractivity contribution in [3.05, 3.63) is 68.2 Å². The number of amides is 2. The van der Waals surface area contributed by atoms with E-state index in [-0.39, 0.29) is 22.2 Å². The Labute approximate surface area is 244 Å². The number of alkyl halides is 3. The number of carbonyl (C=O) groups excluding carboxylic acids is 2. The Morgan fingerprint density at radius 1 is 1.17 bits per heavy atom. The van der Waals surface area contributed by atoms with Crippen LogP contribution in [0, 0.1) is 17.2 Å². The highest BCUT2D eigenvalue weighted by Crippen LogP contribution is 2.32. The first-order valence-corrected chi connectivity index (χ1v) is 13.8. The average Bonchev–Trinajstić information content (AvgIpc) is 3.42. The van der Waals surface area contributed by atoms with Crippen molar-refractivity contribution in [1.82, 2.24) is 25.6 Å². The van der Waals surface area contributed by atoms with E-state index in [4.69, 9.17) is 16.9 Å². The number of piperidine rings is 1. The van der Waals surface area contributed by atoms with Crippen molar-refractivity contribution in [2.45, 2.75) is 52.8 Å². The van der Waals surface area contributed by atoms with Crippen LogP contribution in [-0.4, -0.2) is 46.0 Å². The number of carbonyl (C=O) groups is 2. The van der Waals surface area contributed by atoms with E-state index < -0.39 is 34.6 Å². The Bertz CT molecular complexity index is 1420. The Hall–Kier alpha value is -3.76. The number of thiazole rings is 1. The van der Waals surface area contributed by atoms with Gasteiger partial charge in [0.25, 0.3) is 11.8 Å². The molecule has 1 unspecified atom stereocenters. The predicted molar refractivity (Wildman–Crippen MR) is 150 cm³/mol. The van der Waals surface area contributed by atoms with Gasteiger partial charge in [0.1, 0.15) is 27.7 Å². The number of hydrogen-bond donors (Lipinski definition) is 2.